The molecule has 5 heterocycles. The quantitative estimate of drug-likeness (QED) is 0.785. The summed E-state index contributed by atoms with van der Waals surface area (Å²) in [5.74, 6) is -0.482. The van der Waals surface area contributed by atoms with Crippen LogP contribution in [0.5, 0.6) is 0 Å². The number of fused-ring (bicyclic) bond motifs is 1. The predicted molar refractivity (Wildman–Crippen MR) is 100 cm³/mol. The SMILES string of the molecule is O=C(c1nc(C(=O)N2CCC3(CC2)OCCO3)n2ccccc12)N1CCCC1. The van der Waals surface area contributed by atoms with Crippen molar-refractivity contribution in [1.82, 2.24) is 19.2 Å². The molecule has 28 heavy (non-hydrogen) atoms. The number of imidazole rings is 1. The number of amides is 2. The van der Waals surface area contributed by atoms with Gasteiger partial charge in [-0.3, -0.25) is 14.0 Å². The highest BCUT2D eigenvalue weighted by molar-refractivity contribution is 6.02. The van der Waals surface area contributed by atoms with E-state index < -0.39 is 5.79 Å². The van der Waals surface area contributed by atoms with Crippen LogP contribution in [0.15, 0.2) is 24.4 Å². The second kappa shape index (κ2) is 6.86. The predicted octanol–water partition coefficient (Wildman–Crippen LogP) is 1.55. The fourth-order valence-electron chi connectivity index (χ4n) is 4.39. The van der Waals surface area contributed by atoms with E-state index in [1.54, 1.807) is 15.5 Å². The van der Waals surface area contributed by atoms with Crippen molar-refractivity contribution in [2.75, 3.05) is 39.4 Å². The van der Waals surface area contributed by atoms with Gasteiger partial charge in [-0.25, -0.2) is 4.98 Å². The first kappa shape index (κ1) is 17.6. The summed E-state index contributed by atoms with van der Waals surface area (Å²) in [6.45, 7) is 3.83. The second-order valence-electron chi connectivity index (χ2n) is 7.64. The first-order chi connectivity index (χ1) is 13.7. The van der Waals surface area contributed by atoms with Crippen molar-refractivity contribution in [3.05, 3.63) is 35.9 Å². The van der Waals surface area contributed by atoms with Crippen molar-refractivity contribution in [1.29, 1.82) is 0 Å². The molecule has 3 aliphatic heterocycles. The van der Waals surface area contributed by atoms with Crippen LogP contribution in [0.4, 0.5) is 0 Å². The molecule has 8 heteroatoms. The molecule has 0 atom stereocenters. The number of rotatable bonds is 2. The average Bonchev–Trinajstić information content (AvgIpc) is 3.48. The number of aromatic nitrogens is 2. The van der Waals surface area contributed by atoms with Crippen LogP contribution in [0, 0.1) is 0 Å². The molecule has 0 unspecified atom stereocenters. The summed E-state index contributed by atoms with van der Waals surface area (Å²) in [6.07, 6.45) is 5.14. The van der Waals surface area contributed by atoms with E-state index in [4.69, 9.17) is 9.47 Å². The largest absolute Gasteiger partial charge is 0.347 e. The molecule has 0 N–H and O–H groups in total. The van der Waals surface area contributed by atoms with Gasteiger partial charge < -0.3 is 19.3 Å². The molecule has 1 spiro atoms. The van der Waals surface area contributed by atoms with Gasteiger partial charge in [0.15, 0.2) is 11.5 Å². The molecular formula is C20H24N4O4. The monoisotopic (exact) mass is 384 g/mol. The van der Waals surface area contributed by atoms with Gasteiger partial charge in [0.25, 0.3) is 11.8 Å². The van der Waals surface area contributed by atoms with Crippen LogP contribution >= 0.6 is 0 Å². The molecule has 0 radical (unpaired) electrons. The van der Waals surface area contributed by atoms with E-state index in [1.165, 1.54) is 0 Å². The Labute approximate surface area is 163 Å². The summed E-state index contributed by atoms with van der Waals surface area (Å²) in [6, 6.07) is 5.56. The number of pyridine rings is 1. The van der Waals surface area contributed by atoms with Crippen LogP contribution in [0.2, 0.25) is 0 Å². The third-order valence-electron chi connectivity index (χ3n) is 5.96. The van der Waals surface area contributed by atoms with Gasteiger partial charge in [-0.15, -0.1) is 0 Å². The molecule has 5 rings (SSSR count). The fourth-order valence-corrected chi connectivity index (χ4v) is 4.39. The van der Waals surface area contributed by atoms with Gasteiger partial charge >= 0.3 is 0 Å². The van der Waals surface area contributed by atoms with Gasteiger partial charge in [-0.1, -0.05) is 6.07 Å². The summed E-state index contributed by atoms with van der Waals surface area (Å²) in [5, 5.41) is 0. The first-order valence-corrected chi connectivity index (χ1v) is 10.0. The smallest absolute Gasteiger partial charge is 0.290 e. The van der Waals surface area contributed by atoms with E-state index in [1.807, 2.05) is 23.1 Å². The van der Waals surface area contributed by atoms with Crippen molar-refractivity contribution in [2.45, 2.75) is 31.5 Å². The normalized spacial score (nSPS) is 21.7. The Balaban J connectivity index is 1.42. The molecule has 148 valence electrons. The molecule has 8 nitrogen and oxygen atoms in total. The highest BCUT2D eigenvalue weighted by Crippen LogP contribution is 2.32. The zero-order valence-electron chi connectivity index (χ0n) is 15.8. The van der Waals surface area contributed by atoms with Crippen LogP contribution in [-0.4, -0.2) is 76.2 Å². The lowest BCUT2D eigenvalue weighted by atomic mass is 10.0. The Hall–Kier alpha value is -2.45. The molecule has 2 amide bonds. The summed E-state index contributed by atoms with van der Waals surface area (Å²) in [4.78, 5) is 34.3. The zero-order chi connectivity index (χ0) is 19.1. The van der Waals surface area contributed by atoms with Crippen molar-refractivity contribution in [3.8, 4) is 0 Å². The topological polar surface area (TPSA) is 76.4 Å². The van der Waals surface area contributed by atoms with Crippen molar-refractivity contribution < 1.29 is 19.1 Å². The minimum Gasteiger partial charge on any atom is -0.347 e. The number of hydrogen-bond donors (Lipinski definition) is 0. The van der Waals surface area contributed by atoms with Crippen LogP contribution in [0.1, 0.15) is 46.8 Å². The van der Waals surface area contributed by atoms with E-state index in [0.29, 0.717) is 56.2 Å². The summed E-state index contributed by atoms with van der Waals surface area (Å²) >= 11 is 0. The van der Waals surface area contributed by atoms with E-state index in [2.05, 4.69) is 4.98 Å². The molecule has 3 fully saturated rings. The van der Waals surface area contributed by atoms with Gasteiger partial charge in [0.05, 0.1) is 18.7 Å². The van der Waals surface area contributed by atoms with Crippen LogP contribution < -0.4 is 0 Å². The number of hydrogen-bond acceptors (Lipinski definition) is 5. The standard InChI is InChI=1S/C20H24N4O4/c25-18(22-8-3-4-9-22)16-15-5-1-2-10-24(15)17(21-16)19(26)23-11-6-20(7-12-23)27-13-14-28-20/h1-2,5,10H,3-4,6-9,11-14H2. The van der Waals surface area contributed by atoms with Gasteiger partial charge in [0, 0.05) is 45.2 Å². The number of likely N-dealkylation sites (tertiary alicyclic amines) is 2. The van der Waals surface area contributed by atoms with Crippen molar-refractivity contribution in [3.63, 3.8) is 0 Å². The number of nitrogens with zero attached hydrogens (tertiary/aromatic N) is 4. The third kappa shape index (κ3) is 2.87. The molecule has 3 saturated heterocycles. The number of ether oxygens (including phenoxy) is 2. The second-order valence-corrected chi connectivity index (χ2v) is 7.64. The highest BCUT2D eigenvalue weighted by atomic mass is 16.7. The minimum atomic E-state index is -0.525. The summed E-state index contributed by atoms with van der Waals surface area (Å²) in [7, 11) is 0. The molecule has 0 saturated carbocycles. The van der Waals surface area contributed by atoms with Gasteiger partial charge in [-0.05, 0) is 25.0 Å². The van der Waals surface area contributed by atoms with Crippen molar-refractivity contribution >= 4 is 17.3 Å². The maximum atomic E-state index is 13.2. The molecule has 2 aromatic rings. The molecule has 3 aliphatic rings. The Morgan fingerprint density at radius 2 is 1.61 bits per heavy atom. The lowest BCUT2D eigenvalue weighted by Gasteiger charge is -2.37. The minimum absolute atomic E-state index is 0.0920. The number of carbonyl (C=O) groups excluding carboxylic acids is 2. The average molecular weight is 384 g/mol. The molecular weight excluding hydrogens is 360 g/mol. The highest BCUT2D eigenvalue weighted by Gasteiger charge is 2.41. The summed E-state index contributed by atoms with van der Waals surface area (Å²) in [5.41, 5.74) is 1.04. The van der Waals surface area contributed by atoms with Crippen LogP contribution in [0.3, 0.4) is 0 Å². The van der Waals surface area contributed by atoms with E-state index in [9.17, 15) is 9.59 Å². The lowest BCUT2D eigenvalue weighted by molar-refractivity contribution is -0.181. The van der Waals surface area contributed by atoms with E-state index in [-0.39, 0.29) is 11.8 Å². The summed E-state index contributed by atoms with van der Waals surface area (Å²) < 4.78 is 13.2. The maximum Gasteiger partial charge on any atom is 0.290 e. The number of carbonyl (C=O) groups is 2. The maximum absolute atomic E-state index is 13.2. The third-order valence-corrected chi connectivity index (χ3v) is 5.96. The Bertz CT molecular complexity index is 902. The van der Waals surface area contributed by atoms with Crippen LogP contribution in [-0.2, 0) is 9.47 Å². The molecule has 0 aliphatic carbocycles. The van der Waals surface area contributed by atoms with E-state index >= 15 is 0 Å². The zero-order valence-corrected chi connectivity index (χ0v) is 15.8. The Kier molecular flexibility index (Phi) is 4.32. The molecule has 0 bridgehead atoms. The number of piperidine rings is 1. The Morgan fingerprint density at radius 3 is 2.32 bits per heavy atom. The van der Waals surface area contributed by atoms with Crippen LogP contribution in [0.25, 0.3) is 5.52 Å². The van der Waals surface area contributed by atoms with Crippen molar-refractivity contribution in [2.24, 2.45) is 0 Å². The first-order valence-electron chi connectivity index (χ1n) is 10.0. The van der Waals surface area contributed by atoms with Gasteiger partial charge in [0.2, 0.25) is 5.82 Å². The van der Waals surface area contributed by atoms with E-state index in [0.717, 1.165) is 25.9 Å². The Morgan fingerprint density at radius 1 is 0.929 bits per heavy atom. The molecule has 0 aromatic carbocycles. The lowest BCUT2D eigenvalue weighted by Crippen LogP contribution is -2.47. The van der Waals surface area contributed by atoms with Gasteiger partial charge in [-0.2, -0.15) is 0 Å². The van der Waals surface area contributed by atoms with Gasteiger partial charge in [0.1, 0.15) is 0 Å². The fraction of sp³-hybridized carbons (Fsp3) is 0.550. The molecule has 2 aromatic heterocycles.